The molecule has 0 atom stereocenters. The minimum Gasteiger partial charge on any atom is -0.326 e. The van der Waals surface area contributed by atoms with Gasteiger partial charge in [-0.05, 0) is 71.0 Å². The van der Waals surface area contributed by atoms with Crippen molar-refractivity contribution in [2.45, 2.75) is 18.4 Å². The summed E-state index contributed by atoms with van der Waals surface area (Å²) in [4.78, 5) is 0.233. The molecule has 0 spiro atoms. The zero-order valence-corrected chi connectivity index (χ0v) is 15.8. The van der Waals surface area contributed by atoms with E-state index in [-0.39, 0.29) is 11.4 Å². The van der Waals surface area contributed by atoms with Crippen molar-refractivity contribution >= 4 is 54.2 Å². The van der Waals surface area contributed by atoms with Gasteiger partial charge in [-0.15, -0.1) is 0 Å². The molecule has 0 saturated heterocycles. The van der Waals surface area contributed by atoms with Crippen LogP contribution in [0.3, 0.4) is 0 Å². The highest BCUT2D eigenvalue weighted by atomic mass is 127. The van der Waals surface area contributed by atoms with E-state index in [2.05, 4.69) is 43.2 Å². The molecular formula is C14H14BrIN2O2S. The average Bonchev–Trinajstić information content (AvgIpc) is 2.41. The molecule has 2 rings (SSSR count). The summed E-state index contributed by atoms with van der Waals surface area (Å²) in [5.41, 5.74) is 7.57. The van der Waals surface area contributed by atoms with Gasteiger partial charge in [-0.2, -0.15) is 0 Å². The standard InChI is InChI=1S/C14H14BrIN2O2S/c1-9-13(15)5-10(8-17)6-14(9)21(19,20)18-12-4-2-3-11(16)7-12/h2-7,18H,8,17H2,1H3. The van der Waals surface area contributed by atoms with E-state index in [0.717, 1.165) is 13.6 Å². The van der Waals surface area contributed by atoms with E-state index >= 15 is 0 Å². The van der Waals surface area contributed by atoms with Gasteiger partial charge < -0.3 is 5.73 Å². The number of nitrogens with one attached hydrogen (secondary N) is 1. The van der Waals surface area contributed by atoms with E-state index < -0.39 is 10.0 Å². The van der Waals surface area contributed by atoms with Crippen molar-refractivity contribution in [3.8, 4) is 0 Å². The third kappa shape index (κ3) is 3.97. The second-order valence-electron chi connectivity index (χ2n) is 4.52. The van der Waals surface area contributed by atoms with Gasteiger partial charge in [0.1, 0.15) is 0 Å². The molecule has 0 fully saturated rings. The topological polar surface area (TPSA) is 72.2 Å². The van der Waals surface area contributed by atoms with Crippen molar-refractivity contribution in [3.63, 3.8) is 0 Å². The van der Waals surface area contributed by atoms with E-state index in [1.165, 1.54) is 0 Å². The lowest BCUT2D eigenvalue weighted by Crippen LogP contribution is -2.15. The lowest BCUT2D eigenvalue weighted by molar-refractivity contribution is 0.600. The molecule has 2 aromatic rings. The molecule has 0 radical (unpaired) electrons. The average molecular weight is 481 g/mol. The van der Waals surface area contributed by atoms with Gasteiger partial charge in [0, 0.05) is 20.3 Å². The van der Waals surface area contributed by atoms with Crippen LogP contribution in [0, 0.1) is 10.5 Å². The fraction of sp³-hybridized carbons (Fsp3) is 0.143. The van der Waals surface area contributed by atoms with Crippen LogP contribution < -0.4 is 10.5 Å². The Hall–Kier alpha value is -0.640. The van der Waals surface area contributed by atoms with Crippen molar-refractivity contribution in [2.24, 2.45) is 5.73 Å². The van der Waals surface area contributed by atoms with Crippen LogP contribution in [-0.2, 0) is 16.6 Å². The quantitative estimate of drug-likeness (QED) is 0.656. The molecule has 0 unspecified atom stereocenters. The number of halogens is 2. The van der Waals surface area contributed by atoms with Gasteiger partial charge in [0.15, 0.2) is 0 Å². The summed E-state index contributed by atoms with van der Waals surface area (Å²) < 4.78 is 29.4. The minimum atomic E-state index is -3.65. The normalized spacial score (nSPS) is 11.4. The molecule has 4 nitrogen and oxygen atoms in total. The second kappa shape index (κ2) is 6.64. The summed E-state index contributed by atoms with van der Waals surface area (Å²) in [6, 6.07) is 10.6. The Bertz CT molecular complexity index is 779. The summed E-state index contributed by atoms with van der Waals surface area (Å²) in [6.07, 6.45) is 0. The van der Waals surface area contributed by atoms with E-state index in [1.54, 1.807) is 31.2 Å². The first-order valence-corrected chi connectivity index (χ1v) is 9.46. The summed E-state index contributed by atoms with van der Waals surface area (Å²) in [6.45, 7) is 2.04. The molecule has 0 saturated carbocycles. The van der Waals surface area contributed by atoms with Crippen LogP contribution in [-0.4, -0.2) is 8.42 Å². The number of nitrogens with two attached hydrogens (primary N) is 1. The number of sulfonamides is 1. The van der Waals surface area contributed by atoms with Crippen LogP contribution >= 0.6 is 38.5 Å². The van der Waals surface area contributed by atoms with Crippen LogP contribution in [0.4, 0.5) is 5.69 Å². The summed E-state index contributed by atoms with van der Waals surface area (Å²) in [5, 5.41) is 0. The molecule has 3 N–H and O–H groups in total. The van der Waals surface area contributed by atoms with Crippen molar-refractivity contribution < 1.29 is 8.42 Å². The Morgan fingerprint density at radius 3 is 2.62 bits per heavy atom. The molecule has 0 aliphatic carbocycles. The first-order chi connectivity index (χ1) is 9.83. The maximum atomic E-state index is 12.6. The van der Waals surface area contributed by atoms with Gasteiger partial charge in [0.05, 0.1) is 4.90 Å². The molecule has 0 bridgehead atoms. The predicted molar refractivity (Wildman–Crippen MR) is 96.7 cm³/mol. The van der Waals surface area contributed by atoms with Crippen LogP contribution in [0.1, 0.15) is 11.1 Å². The highest BCUT2D eigenvalue weighted by Gasteiger charge is 2.19. The van der Waals surface area contributed by atoms with E-state index in [4.69, 9.17) is 5.73 Å². The number of hydrogen-bond donors (Lipinski definition) is 2. The van der Waals surface area contributed by atoms with Crippen molar-refractivity contribution in [3.05, 3.63) is 55.6 Å². The van der Waals surface area contributed by atoms with Crippen LogP contribution in [0.15, 0.2) is 45.8 Å². The maximum absolute atomic E-state index is 12.6. The molecule has 0 aromatic heterocycles. The minimum absolute atomic E-state index is 0.233. The Kier molecular flexibility index (Phi) is 5.29. The van der Waals surface area contributed by atoms with Crippen LogP contribution in [0.25, 0.3) is 0 Å². The number of rotatable bonds is 4. The van der Waals surface area contributed by atoms with E-state index in [9.17, 15) is 8.42 Å². The molecule has 7 heteroatoms. The lowest BCUT2D eigenvalue weighted by Gasteiger charge is -2.13. The van der Waals surface area contributed by atoms with Gasteiger partial charge in [0.25, 0.3) is 10.0 Å². The number of hydrogen-bond acceptors (Lipinski definition) is 3. The predicted octanol–water partition coefficient (Wildman–Crippen LogP) is 3.62. The third-order valence-corrected chi connectivity index (χ3v) is 5.96. The van der Waals surface area contributed by atoms with Gasteiger partial charge in [-0.1, -0.05) is 22.0 Å². The van der Waals surface area contributed by atoms with E-state index in [0.29, 0.717) is 11.3 Å². The lowest BCUT2D eigenvalue weighted by atomic mass is 10.1. The fourth-order valence-electron chi connectivity index (χ4n) is 1.87. The number of anilines is 1. The highest BCUT2D eigenvalue weighted by Crippen LogP contribution is 2.27. The largest absolute Gasteiger partial charge is 0.326 e. The SMILES string of the molecule is Cc1c(Br)cc(CN)cc1S(=O)(=O)Nc1cccc(I)c1. The zero-order valence-electron chi connectivity index (χ0n) is 11.2. The Morgan fingerprint density at radius 1 is 1.29 bits per heavy atom. The van der Waals surface area contributed by atoms with Crippen LogP contribution in [0.2, 0.25) is 0 Å². The summed E-state index contributed by atoms with van der Waals surface area (Å²) >= 11 is 5.51. The molecule has 2 aromatic carbocycles. The smallest absolute Gasteiger partial charge is 0.262 e. The first-order valence-electron chi connectivity index (χ1n) is 6.11. The van der Waals surface area contributed by atoms with Gasteiger partial charge in [-0.25, -0.2) is 8.42 Å². The fourth-order valence-corrected chi connectivity index (χ4v) is 4.41. The number of benzene rings is 2. The third-order valence-electron chi connectivity index (χ3n) is 2.96. The summed E-state index contributed by atoms with van der Waals surface area (Å²) in [5.74, 6) is 0. The van der Waals surface area contributed by atoms with Crippen LogP contribution in [0.5, 0.6) is 0 Å². The molecule has 0 aliphatic heterocycles. The monoisotopic (exact) mass is 480 g/mol. The second-order valence-corrected chi connectivity index (χ2v) is 8.27. The van der Waals surface area contributed by atoms with Crippen molar-refractivity contribution in [2.75, 3.05) is 4.72 Å². The molecule has 0 amide bonds. The molecule has 112 valence electrons. The highest BCUT2D eigenvalue weighted by molar-refractivity contribution is 14.1. The van der Waals surface area contributed by atoms with Crippen molar-refractivity contribution in [1.82, 2.24) is 0 Å². The Balaban J connectivity index is 2.47. The maximum Gasteiger partial charge on any atom is 0.262 e. The van der Waals surface area contributed by atoms with Gasteiger partial charge in [-0.3, -0.25) is 4.72 Å². The molecule has 0 heterocycles. The zero-order chi connectivity index (χ0) is 15.6. The van der Waals surface area contributed by atoms with Crippen molar-refractivity contribution in [1.29, 1.82) is 0 Å². The molecular weight excluding hydrogens is 467 g/mol. The molecule has 0 aliphatic rings. The summed E-state index contributed by atoms with van der Waals surface area (Å²) in [7, 11) is -3.65. The Labute approximate surface area is 146 Å². The Morgan fingerprint density at radius 2 is 2.00 bits per heavy atom. The van der Waals surface area contributed by atoms with Gasteiger partial charge in [0.2, 0.25) is 0 Å². The first kappa shape index (κ1) is 16.7. The molecule has 21 heavy (non-hydrogen) atoms. The van der Waals surface area contributed by atoms with E-state index in [1.807, 2.05) is 12.1 Å². The van der Waals surface area contributed by atoms with Gasteiger partial charge >= 0.3 is 0 Å².